The number of benzene rings is 1. The van der Waals surface area contributed by atoms with Gasteiger partial charge in [-0.25, -0.2) is 9.50 Å². The van der Waals surface area contributed by atoms with E-state index < -0.39 is 0 Å². The number of fused-ring (bicyclic) bond motifs is 1. The van der Waals surface area contributed by atoms with Gasteiger partial charge in [0.1, 0.15) is 11.5 Å². The van der Waals surface area contributed by atoms with Crippen molar-refractivity contribution in [2.24, 2.45) is 0 Å². The molecule has 27 heavy (non-hydrogen) atoms. The molecule has 1 aromatic carbocycles. The summed E-state index contributed by atoms with van der Waals surface area (Å²) >= 11 is 0. The average molecular weight is 371 g/mol. The van der Waals surface area contributed by atoms with Crippen LogP contribution in [-0.4, -0.2) is 65.9 Å². The average Bonchev–Trinajstić information content (AvgIpc) is 3.07. The highest BCUT2D eigenvalue weighted by atomic mass is 16.5. The maximum atomic E-state index is 5.30. The summed E-state index contributed by atoms with van der Waals surface area (Å²) in [6.45, 7) is 1.82. The first-order valence-corrected chi connectivity index (χ1v) is 8.69. The van der Waals surface area contributed by atoms with Gasteiger partial charge in [0.2, 0.25) is 5.95 Å². The Morgan fingerprint density at radius 3 is 2.52 bits per heavy atom. The highest BCUT2D eigenvalue weighted by Crippen LogP contribution is 2.27. The molecule has 0 spiro atoms. The van der Waals surface area contributed by atoms with Crippen LogP contribution in [0.1, 0.15) is 6.42 Å². The van der Waals surface area contributed by atoms with Crippen molar-refractivity contribution in [3.63, 3.8) is 0 Å². The van der Waals surface area contributed by atoms with Gasteiger partial charge in [0, 0.05) is 42.8 Å². The van der Waals surface area contributed by atoms with Crippen LogP contribution in [0.2, 0.25) is 0 Å². The number of hydrogen-bond donors (Lipinski definition) is 2. The van der Waals surface area contributed by atoms with E-state index in [4.69, 9.17) is 9.47 Å². The summed E-state index contributed by atoms with van der Waals surface area (Å²) in [5.41, 5.74) is 1.44. The van der Waals surface area contributed by atoms with Crippen LogP contribution in [0.25, 0.3) is 5.65 Å². The molecule has 144 valence electrons. The Morgan fingerprint density at radius 1 is 1.11 bits per heavy atom. The minimum Gasteiger partial charge on any atom is -0.497 e. The van der Waals surface area contributed by atoms with Crippen molar-refractivity contribution in [1.82, 2.24) is 24.5 Å². The molecule has 0 fully saturated rings. The molecular formula is C18H25N7O2. The summed E-state index contributed by atoms with van der Waals surface area (Å²) in [6.07, 6.45) is 4.48. The van der Waals surface area contributed by atoms with E-state index in [1.165, 1.54) is 0 Å². The summed E-state index contributed by atoms with van der Waals surface area (Å²) in [5.74, 6) is 2.55. The smallest absolute Gasteiger partial charge is 0.247 e. The molecule has 0 aliphatic rings. The van der Waals surface area contributed by atoms with Crippen LogP contribution in [0.4, 0.5) is 17.5 Å². The highest BCUT2D eigenvalue weighted by Gasteiger charge is 2.10. The van der Waals surface area contributed by atoms with Gasteiger partial charge >= 0.3 is 0 Å². The highest BCUT2D eigenvalue weighted by molar-refractivity contribution is 5.66. The topological polar surface area (TPSA) is 88.8 Å². The largest absolute Gasteiger partial charge is 0.497 e. The first kappa shape index (κ1) is 18.7. The van der Waals surface area contributed by atoms with E-state index in [0.29, 0.717) is 28.9 Å². The van der Waals surface area contributed by atoms with Crippen LogP contribution in [0, 0.1) is 0 Å². The zero-order valence-corrected chi connectivity index (χ0v) is 16.1. The molecule has 0 bridgehead atoms. The van der Waals surface area contributed by atoms with E-state index in [9.17, 15) is 0 Å². The molecule has 2 aromatic heterocycles. The third-order valence-electron chi connectivity index (χ3n) is 3.94. The van der Waals surface area contributed by atoms with Gasteiger partial charge in [-0.1, -0.05) is 0 Å². The Kier molecular flexibility index (Phi) is 5.92. The fourth-order valence-corrected chi connectivity index (χ4v) is 2.61. The van der Waals surface area contributed by atoms with Gasteiger partial charge in [0.25, 0.3) is 0 Å². The normalized spacial score (nSPS) is 11.0. The summed E-state index contributed by atoms with van der Waals surface area (Å²) in [4.78, 5) is 11.1. The molecule has 2 N–H and O–H groups in total. The molecule has 3 rings (SSSR count). The molecular weight excluding hydrogens is 346 g/mol. The molecule has 0 saturated heterocycles. The van der Waals surface area contributed by atoms with Gasteiger partial charge in [-0.3, -0.25) is 0 Å². The Balaban J connectivity index is 1.77. The van der Waals surface area contributed by atoms with Gasteiger partial charge in [0.05, 0.1) is 14.2 Å². The monoisotopic (exact) mass is 371 g/mol. The molecule has 0 radical (unpaired) electrons. The van der Waals surface area contributed by atoms with Crippen molar-refractivity contribution in [2.75, 3.05) is 52.0 Å². The second-order valence-electron chi connectivity index (χ2n) is 6.29. The third-order valence-corrected chi connectivity index (χ3v) is 3.94. The molecule has 0 atom stereocenters. The number of aromatic nitrogens is 4. The molecule has 9 heteroatoms. The summed E-state index contributed by atoms with van der Waals surface area (Å²) < 4.78 is 12.3. The maximum Gasteiger partial charge on any atom is 0.247 e. The van der Waals surface area contributed by atoms with Crippen LogP contribution in [0.15, 0.2) is 30.6 Å². The Morgan fingerprint density at radius 2 is 1.85 bits per heavy atom. The lowest BCUT2D eigenvalue weighted by molar-refractivity contribution is 0.395. The summed E-state index contributed by atoms with van der Waals surface area (Å²) in [6, 6.07) is 5.52. The number of rotatable bonds is 9. The molecule has 3 aromatic rings. The minimum atomic E-state index is 0.467. The number of anilines is 3. The number of ether oxygens (including phenoxy) is 2. The zero-order chi connectivity index (χ0) is 19.2. The van der Waals surface area contributed by atoms with Gasteiger partial charge < -0.3 is 25.0 Å². The quantitative estimate of drug-likeness (QED) is 0.554. The molecule has 0 aliphatic heterocycles. The molecule has 0 aliphatic carbocycles. The number of methoxy groups -OCH3 is 2. The second kappa shape index (κ2) is 8.54. The fraction of sp³-hybridized carbons (Fsp3) is 0.389. The number of nitrogens with one attached hydrogen (secondary N) is 2. The Bertz CT molecular complexity index is 872. The second-order valence-corrected chi connectivity index (χ2v) is 6.29. The Hall–Kier alpha value is -3.07. The van der Waals surface area contributed by atoms with E-state index in [0.717, 1.165) is 25.2 Å². The molecule has 9 nitrogen and oxygen atoms in total. The van der Waals surface area contributed by atoms with Crippen molar-refractivity contribution < 1.29 is 9.47 Å². The van der Waals surface area contributed by atoms with Crippen molar-refractivity contribution in [1.29, 1.82) is 0 Å². The van der Waals surface area contributed by atoms with Gasteiger partial charge in [-0.15, -0.1) is 5.10 Å². The van der Waals surface area contributed by atoms with E-state index in [2.05, 4.69) is 44.7 Å². The van der Waals surface area contributed by atoms with E-state index >= 15 is 0 Å². The van der Waals surface area contributed by atoms with Crippen LogP contribution >= 0.6 is 0 Å². The lowest BCUT2D eigenvalue weighted by Gasteiger charge is -2.10. The van der Waals surface area contributed by atoms with Crippen molar-refractivity contribution in [2.45, 2.75) is 6.42 Å². The maximum absolute atomic E-state index is 5.30. The van der Waals surface area contributed by atoms with Crippen molar-refractivity contribution in [3.8, 4) is 11.5 Å². The van der Waals surface area contributed by atoms with Crippen molar-refractivity contribution in [3.05, 3.63) is 30.6 Å². The number of nitrogens with zero attached hydrogens (tertiary/aromatic N) is 5. The lowest BCUT2D eigenvalue weighted by Crippen LogP contribution is -2.16. The predicted molar refractivity (Wildman–Crippen MR) is 105 cm³/mol. The summed E-state index contributed by atoms with van der Waals surface area (Å²) in [7, 11) is 7.34. The fourth-order valence-electron chi connectivity index (χ4n) is 2.61. The Labute approximate surface area is 158 Å². The predicted octanol–water partition coefficient (Wildman–Crippen LogP) is 2.25. The molecule has 0 amide bonds. The van der Waals surface area contributed by atoms with E-state index in [1.54, 1.807) is 31.1 Å². The molecule has 0 saturated carbocycles. The first-order valence-electron chi connectivity index (χ1n) is 8.69. The number of hydrogen-bond acceptors (Lipinski definition) is 8. The van der Waals surface area contributed by atoms with Crippen LogP contribution in [-0.2, 0) is 0 Å². The van der Waals surface area contributed by atoms with Crippen LogP contribution in [0.3, 0.4) is 0 Å². The standard InChI is InChI=1S/C18H25N7O2/c1-24(2)8-5-6-19-16-17-22-18(23-25(17)9-7-20-16)21-13-10-14(26-3)12-15(11-13)27-4/h7,9-12H,5-6,8H2,1-4H3,(H,19,20)(H,21,23). The first-order chi connectivity index (χ1) is 13.1. The summed E-state index contributed by atoms with van der Waals surface area (Å²) in [5, 5.41) is 11.0. The SMILES string of the molecule is COc1cc(Nc2nc3c(NCCCN(C)C)nccn3n2)cc(OC)c1. The lowest BCUT2D eigenvalue weighted by atomic mass is 10.3. The van der Waals surface area contributed by atoms with E-state index in [-0.39, 0.29) is 0 Å². The van der Waals surface area contributed by atoms with Gasteiger partial charge in [-0.05, 0) is 27.1 Å². The van der Waals surface area contributed by atoms with Crippen LogP contribution in [0.5, 0.6) is 11.5 Å². The minimum absolute atomic E-state index is 0.467. The molecule has 0 unspecified atom stereocenters. The zero-order valence-electron chi connectivity index (χ0n) is 16.1. The van der Waals surface area contributed by atoms with Gasteiger partial charge in [-0.2, -0.15) is 4.98 Å². The van der Waals surface area contributed by atoms with Crippen LogP contribution < -0.4 is 20.1 Å². The molecule has 2 heterocycles. The van der Waals surface area contributed by atoms with Crippen molar-refractivity contribution >= 4 is 23.1 Å². The van der Waals surface area contributed by atoms with Gasteiger partial charge in [0.15, 0.2) is 11.5 Å². The third kappa shape index (κ3) is 4.76. The van der Waals surface area contributed by atoms with E-state index in [1.807, 2.05) is 18.2 Å².